The molecule has 1 saturated carbocycles. The van der Waals surface area contributed by atoms with Crippen LogP contribution in [0, 0.1) is 11.3 Å². The first-order valence-corrected chi connectivity index (χ1v) is 7.83. The Balaban J connectivity index is 1.68. The van der Waals surface area contributed by atoms with Gasteiger partial charge in [0.25, 0.3) is 0 Å². The molecule has 2 aliphatic rings. The summed E-state index contributed by atoms with van der Waals surface area (Å²) in [7, 11) is 0. The third kappa shape index (κ3) is 4.20. The minimum absolute atomic E-state index is 0.424. The molecule has 1 N–H and O–H groups in total. The van der Waals surface area contributed by atoms with Crippen LogP contribution < -0.4 is 5.32 Å². The molecule has 0 aromatic heterocycles. The van der Waals surface area contributed by atoms with Gasteiger partial charge in [0.2, 0.25) is 0 Å². The van der Waals surface area contributed by atoms with Crippen molar-refractivity contribution in [3.63, 3.8) is 0 Å². The maximum atomic E-state index is 4.64. The Hall–Kier alpha value is -0.180. The van der Waals surface area contributed by atoms with Crippen molar-refractivity contribution >= 4 is 16.9 Å². The Morgan fingerprint density at radius 3 is 2.82 bits per heavy atom. The summed E-state index contributed by atoms with van der Waals surface area (Å²) in [5.41, 5.74) is 0.424. The molecule has 1 fully saturated rings. The first-order valence-electron chi connectivity index (χ1n) is 6.95. The quantitative estimate of drug-likeness (QED) is 0.828. The van der Waals surface area contributed by atoms with Gasteiger partial charge in [-0.05, 0) is 30.6 Å². The minimum Gasteiger partial charge on any atom is -0.362 e. The van der Waals surface area contributed by atoms with Crippen LogP contribution in [0.4, 0.5) is 0 Å². The average molecular weight is 254 g/mol. The Morgan fingerprint density at radius 2 is 2.18 bits per heavy atom. The van der Waals surface area contributed by atoms with Gasteiger partial charge in [-0.1, -0.05) is 45.9 Å². The Morgan fingerprint density at radius 1 is 1.41 bits per heavy atom. The molecule has 3 atom stereocenters. The number of hydrogen-bond acceptors (Lipinski definition) is 3. The van der Waals surface area contributed by atoms with Crippen LogP contribution in [0.3, 0.4) is 0 Å². The van der Waals surface area contributed by atoms with Gasteiger partial charge in [0, 0.05) is 11.3 Å². The van der Waals surface area contributed by atoms with Crippen LogP contribution in [0.15, 0.2) is 4.99 Å². The number of thioether (sulfide) groups is 1. The van der Waals surface area contributed by atoms with Gasteiger partial charge in [-0.2, -0.15) is 0 Å². The molecule has 17 heavy (non-hydrogen) atoms. The maximum absolute atomic E-state index is 4.64. The van der Waals surface area contributed by atoms with Crippen molar-refractivity contribution in [3.05, 3.63) is 0 Å². The highest BCUT2D eigenvalue weighted by Gasteiger charge is 2.37. The van der Waals surface area contributed by atoms with Crippen molar-refractivity contribution in [2.24, 2.45) is 16.3 Å². The number of aliphatic imine (C=N–C) groups is 1. The second-order valence-electron chi connectivity index (χ2n) is 6.69. The van der Waals surface area contributed by atoms with Crippen molar-refractivity contribution < 1.29 is 0 Å². The average Bonchev–Trinajstić information content (AvgIpc) is 2.75. The summed E-state index contributed by atoms with van der Waals surface area (Å²) in [5, 5.41) is 5.52. The lowest BCUT2D eigenvalue weighted by atomic mass is 9.90. The van der Waals surface area contributed by atoms with Gasteiger partial charge in [-0.3, -0.25) is 4.99 Å². The smallest absolute Gasteiger partial charge is 0.157 e. The van der Waals surface area contributed by atoms with Crippen LogP contribution in [-0.2, 0) is 0 Å². The first-order chi connectivity index (χ1) is 7.98. The Bertz CT molecular complexity index is 293. The lowest BCUT2D eigenvalue weighted by Gasteiger charge is -2.21. The third-order valence-corrected chi connectivity index (χ3v) is 4.57. The van der Waals surface area contributed by atoms with Crippen LogP contribution in [0.5, 0.6) is 0 Å². The molecule has 0 aromatic carbocycles. The van der Waals surface area contributed by atoms with E-state index in [4.69, 9.17) is 0 Å². The highest BCUT2D eigenvalue weighted by Crippen LogP contribution is 2.37. The summed E-state index contributed by atoms with van der Waals surface area (Å²) in [6, 6.07) is 0.731. The van der Waals surface area contributed by atoms with Crippen molar-refractivity contribution in [1.82, 2.24) is 5.32 Å². The van der Waals surface area contributed by atoms with E-state index in [1.165, 1.54) is 30.9 Å². The number of nitrogens with one attached hydrogen (secondary N) is 1. The van der Waals surface area contributed by atoms with Crippen molar-refractivity contribution in [2.45, 2.75) is 64.7 Å². The van der Waals surface area contributed by atoms with E-state index < -0.39 is 0 Å². The summed E-state index contributed by atoms with van der Waals surface area (Å²) < 4.78 is 0. The minimum atomic E-state index is 0.424. The van der Waals surface area contributed by atoms with Gasteiger partial charge in [-0.15, -0.1) is 0 Å². The van der Waals surface area contributed by atoms with Crippen molar-refractivity contribution in [3.8, 4) is 0 Å². The number of rotatable bonds is 4. The zero-order valence-corrected chi connectivity index (χ0v) is 12.4. The summed E-state index contributed by atoms with van der Waals surface area (Å²) >= 11 is 1.96. The predicted molar refractivity (Wildman–Crippen MR) is 77.7 cm³/mol. The largest absolute Gasteiger partial charge is 0.362 e. The van der Waals surface area contributed by atoms with E-state index in [1.54, 1.807) is 0 Å². The van der Waals surface area contributed by atoms with Gasteiger partial charge in [0.15, 0.2) is 5.17 Å². The molecule has 0 amide bonds. The molecule has 0 bridgehead atoms. The molecule has 1 aliphatic heterocycles. The highest BCUT2D eigenvalue weighted by atomic mass is 32.2. The fraction of sp³-hybridized carbons (Fsp3) is 0.929. The first kappa shape index (κ1) is 13.3. The number of nitrogens with zero attached hydrogens (tertiary/aromatic N) is 1. The fourth-order valence-corrected chi connectivity index (χ4v) is 3.98. The van der Waals surface area contributed by atoms with Crippen molar-refractivity contribution in [2.75, 3.05) is 6.54 Å². The molecular formula is C14H26N2S. The SMILES string of the molecule is CCCC1CC1NC1=NCC(CC(C)(C)C)S1. The summed E-state index contributed by atoms with van der Waals surface area (Å²) in [6.45, 7) is 10.2. The lowest BCUT2D eigenvalue weighted by molar-refractivity contribution is 0.375. The summed E-state index contributed by atoms with van der Waals surface area (Å²) in [6.07, 6.45) is 5.31. The van der Waals surface area contributed by atoms with Crippen LogP contribution >= 0.6 is 11.8 Å². The molecule has 0 saturated heterocycles. The molecule has 2 nitrogen and oxygen atoms in total. The van der Waals surface area contributed by atoms with E-state index in [0.717, 1.165) is 18.5 Å². The van der Waals surface area contributed by atoms with Crippen molar-refractivity contribution in [1.29, 1.82) is 0 Å². The van der Waals surface area contributed by atoms with Crippen LogP contribution in [-0.4, -0.2) is 23.0 Å². The lowest BCUT2D eigenvalue weighted by Crippen LogP contribution is -2.24. The van der Waals surface area contributed by atoms with E-state index in [1.807, 2.05) is 11.8 Å². The van der Waals surface area contributed by atoms with Crippen LogP contribution in [0.1, 0.15) is 53.4 Å². The van der Waals surface area contributed by atoms with E-state index in [-0.39, 0.29) is 0 Å². The number of amidine groups is 1. The molecular weight excluding hydrogens is 228 g/mol. The second kappa shape index (κ2) is 5.21. The molecule has 0 aromatic rings. The molecule has 1 heterocycles. The van der Waals surface area contributed by atoms with Gasteiger partial charge >= 0.3 is 0 Å². The van der Waals surface area contributed by atoms with Gasteiger partial charge in [0.1, 0.15) is 0 Å². The summed E-state index contributed by atoms with van der Waals surface area (Å²) in [4.78, 5) is 4.64. The maximum Gasteiger partial charge on any atom is 0.157 e. The van der Waals surface area contributed by atoms with E-state index >= 15 is 0 Å². The predicted octanol–water partition coefficient (Wildman–Crippen LogP) is 3.67. The normalized spacial score (nSPS) is 32.5. The van der Waals surface area contributed by atoms with E-state index in [0.29, 0.717) is 10.7 Å². The monoisotopic (exact) mass is 254 g/mol. The highest BCUT2D eigenvalue weighted by molar-refractivity contribution is 8.14. The fourth-order valence-electron chi connectivity index (χ4n) is 2.56. The molecule has 1 aliphatic carbocycles. The third-order valence-electron chi connectivity index (χ3n) is 3.45. The van der Waals surface area contributed by atoms with Gasteiger partial charge in [0.05, 0.1) is 6.54 Å². The van der Waals surface area contributed by atoms with Gasteiger partial charge in [-0.25, -0.2) is 0 Å². The Labute approximate surface area is 110 Å². The van der Waals surface area contributed by atoms with Crippen LogP contribution in [0.25, 0.3) is 0 Å². The molecule has 98 valence electrons. The van der Waals surface area contributed by atoms with Crippen LogP contribution in [0.2, 0.25) is 0 Å². The van der Waals surface area contributed by atoms with E-state index in [2.05, 4.69) is 38.0 Å². The topological polar surface area (TPSA) is 24.4 Å². The number of hydrogen-bond donors (Lipinski definition) is 1. The standard InChI is InChI=1S/C14H26N2S/c1-5-6-10-7-12(10)16-13-15-9-11(17-13)8-14(2,3)4/h10-12H,5-9H2,1-4H3,(H,15,16). The van der Waals surface area contributed by atoms with Gasteiger partial charge < -0.3 is 5.32 Å². The van der Waals surface area contributed by atoms with E-state index in [9.17, 15) is 0 Å². The second-order valence-corrected chi connectivity index (χ2v) is 7.97. The molecule has 3 heteroatoms. The molecule has 2 rings (SSSR count). The molecule has 3 unspecified atom stereocenters. The molecule has 0 radical (unpaired) electrons. The molecule has 0 spiro atoms. The Kier molecular flexibility index (Phi) is 4.06. The zero-order chi connectivity index (χ0) is 12.5. The summed E-state index contributed by atoms with van der Waals surface area (Å²) in [5.74, 6) is 0.921. The zero-order valence-electron chi connectivity index (χ0n) is 11.6.